The smallest absolute Gasteiger partial charge is 0.311 e. The van der Waals surface area contributed by atoms with Crippen molar-refractivity contribution in [2.75, 3.05) is 11.4 Å². The number of aryl methyl sites for hydroxylation is 2. The number of imidazole rings is 1. The van der Waals surface area contributed by atoms with E-state index >= 15 is 0 Å². The summed E-state index contributed by atoms with van der Waals surface area (Å²) in [6.07, 6.45) is 0. The zero-order chi connectivity index (χ0) is 23.4. The Bertz CT molecular complexity index is 1500. The molecule has 5 rings (SSSR count). The third-order valence-corrected chi connectivity index (χ3v) is 6.84. The largest absolute Gasteiger partial charge is 0.332 e. The van der Waals surface area contributed by atoms with Crippen LogP contribution in [0.4, 0.5) is 11.6 Å². The zero-order valence-electron chi connectivity index (χ0n) is 19.2. The van der Waals surface area contributed by atoms with Gasteiger partial charge in [0.2, 0.25) is 5.95 Å². The molecule has 0 amide bonds. The normalized spacial score (nSPS) is 15.8. The van der Waals surface area contributed by atoms with Crippen molar-refractivity contribution >= 4 is 34.4 Å². The fourth-order valence-electron chi connectivity index (χ4n) is 4.61. The zero-order valence-corrected chi connectivity index (χ0v) is 19.9. The van der Waals surface area contributed by atoms with Gasteiger partial charge in [-0.05, 0) is 43.0 Å². The summed E-state index contributed by atoms with van der Waals surface area (Å²) in [5.74, 6) is 0.934. The molecule has 170 valence electrons. The maximum absolute atomic E-state index is 13.6. The number of halogens is 1. The highest BCUT2D eigenvalue weighted by Crippen LogP contribution is 2.36. The topological polar surface area (TPSA) is 65.1 Å². The number of aromatic nitrogens is 4. The third kappa shape index (κ3) is 3.47. The van der Waals surface area contributed by atoms with E-state index in [1.165, 1.54) is 9.13 Å². The lowest BCUT2D eigenvalue weighted by atomic mass is 10.1. The van der Waals surface area contributed by atoms with Gasteiger partial charge in [0.25, 0.3) is 5.56 Å². The van der Waals surface area contributed by atoms with Crippen LogP contribution >= 0.6 is 11.6 Å². The first-order chi connectivity index (χ1) is 15.8. The van der Waals surface area contributed by atoms with E-state index in [0.29, 0.717) is 28.7 Å². The highest BCUT2D eigenvalue weighted by atomic mass is 35.5. The molecule has 0 spiro atoms. The fraction of sp³-hybridized carbons (Fsp3) is 0.320. The van der Waals surface area contributed by atoms with E-state index in [1.54, 1.807) is 7.05 Å². The molecule has 1 atom stereocenters. The van der Waals surface area contributed by atoms with Crippen LogP contribution in [0.3, 0.4) is 0 Å². The first kappa shape index (κ1) is 21.5. The van der Waals surface area contributed by atoms with Gasteiger partial charge in [-0.25, -0.2) is 4.79 Å². The number of hydrogen-bond acceptors (Lipinski definition) is 4. The number of nitrogens with zero attached hydrogens (tertiary/aromatic N) is 5. The Labute approximate surface area is 196 Å². The van der Waals surface area contributed by atoms with Crippen LogP contribution < -0.4 is 16.1 Å². The molecule has 7 nitrogen and oxygen atoms in total. The molecule has 2 aromatic carbocycles. The Hall–Kier alpha value is -3.32. The van der Waals surface area contributed by atoms with E-state index in [-0.39, 0.29) is 23.7 Å². The molecule has 0 saturated heterocycles. The first-order valence-electron chi connectivity index (χ1n) is 11.0. The molecule has 0 unspecified atom stereocenters. The van der Waals surface area contributed by atoms with E-state index in [4.69, 9.17) is 16.6 Å². The van der Waals surface area contributed by atoms with Gasteiger partial charge in [0.1, 0.15) is 0 Å². The predicted octanol–water partition coefficient (Wildman–Crippen LogP) is 4.00. The average Bonchev–Trinajstić information content (AvgIpc) is 3.17. The first-order valence-corrected chi connectivity index (χ1v) is 11.4. The van der Waals surface area contributed by atoms with Crippen molar-refractivity contribution in [3.8, 4) is 0 Å². The van der Waals surface area contributed by atoms with Crippen LogP contribution in [0.2, 0.25) is 5.02 Å². The molecule has 0 bridgehead atoms. The predicted molar refractivity (Wildman–Crippen MR) is 132 cm³/mol. The van der Waals surface area contributed by atoms with Crippen LogP contribution in [0.25, 0.3) is 11.2 Å². The van der Waals surface area contributed by atoms with E-state index in [1.807, 2.05) is 60.9 Å². The summed E-state index contributed by atoms with van der Waals surface area (Å²) < 4.78 is 4.73. The van der Waals surface area contributed by atoms with Gasteiger partial charge in [0.05, 0.1) is 6.54 Å². The molecule has 0 radical (unpaired) electrons. The van der Waals surface area contributed by atoms with Crippen LogP contribution in [0.15, 0.2) is 52.1 Å². The Morgan fingerprint density at radius 2 is 1.79 bits per heavy atom. The molecule has 4 aromatic rings. The quantitative estimate of drug-likeness (QED) is 0.460. The average molecular weight is 464 g/mol. The summed E-state index contributed by atoms with van der Waals surface area (Å²) in [6, 6.07) is 13.7. The minimum absolute atomic E-state index is 0.217. The number of hydrogen-bond donors (Lipinski definition) is 0. The molecular formula is C25H26ClN5O2. The van der Waals surface area contributed by atoms with Gasteiger partial charge < -0.3 is 9.47 Å². The van der Waals surface area contributed by atoms with Gasteiger partial charge in [-0.2, -0.15) is 4.98 Å². The second-order valence-electron chi connectivity index (χ2n) is 9.01. The summed E-state index contributed by atoms with van der Waals surface area (Å²) in [5, 5.41) is 0.682. The van der Waals surface area contributed by atoms with E-state index in [9.17, 15) is 9.59 Å². The fourth-order valence-corrected chi connectivity index (χ4v) is 4.78. The van der Waals surface area contributed by atoms with Crippen molar-refractivity contribution in [3.63, 3.8) is 0 Å². The minimum atomic E-state index is -0.373. The lowest BCUT2D eigenvalue weighted by Crippen LogP contribution is -2.40. The number of anilines is 2. The summed E-state index contributed by atoms with van der Waals surface area (Å²) in [5.41, 5.74) is 4.11. The SMILES string of the molecule is Cc1ccc(Cn2c(=O)c3c(nc4n3C[C@H](C)CN4c3cccc(Cl)c3C)n(C)c2=O)cc1. The van der Waals surface area contributed by atoms with Crippen LogP contribution in [-0.4, -0.2) is 25.2 Å². The van der Waals surface area contributed by atoms with Gasteiger partial charge >= 0.3 is 5.69 Å². The molecule has 0 fully saturated rings. The van der Waals surface area contributed by atoms with E-state index in [2.05, 4.69) is 11.8 Å². The summed E-state index contributed by atoms with van der Waals surface area (Å²) in [6.45, 7) is 7.75. The molecule has 0 saturated carbocycles. The van der Waals surface area contributed by atoms with Gasteiger partial charge in [0.15, 0.2) is 11.2 Å². The Balaban J connectivity index is 1.73. The second kappa shape index (κ2) is 7.92. The van der Waals surface area contributed by atoms with Gasteiger partial charge in [-0.15, -0.1) is 0 Å². The summed E-state index contributed by atoms with van der Waals surface area (Å²) in [7, 11) is 1.67. The van der Waals surface area contributed by atoms with Crippen LogP contribution in [0.1, 0.15) is 23.6 Å². The van der Waals surface area contributed by atoms with Crippen molar-refractivity contribution in [3.05, 3.63) is 85.0 Å². The number of benzene rings is 2. The molecule has 3 heterocycles. The van der Waals surface area contributed by atoms with Crippen LogP contribution in [0.5, 0.6) is 0 Å². The van der Waals surface area contributed by atoms with Gasteiger partial charge in [0, 0.05) is 30.8 Å². The second-order valence-corrected chi connectivity index (χ2v) is 9.42. The van der Waals surface area contributed by atoms with Crippen molar-refractivity contribution < 1.29 is 0 Å². The van der Waals surface area contributed by atoms with Crippen LogP contribution in [0, 0.1) is 19.8 Å². The van der Waals surface area contributed by atoms with Crippen molar-refractivity contribution in [1.29, 1.82) is 0 Å². The highest BCUT2D eigenvalue weighted by molar-refractivity contribution is 6.31. The Kier molecular flexibility index (Phi) is 5.16. The molecule has 2 aromatic heterocycles. The molecular weight excluding hydrogens is 438 g/mol. The van der Waals surface area contributed by atoms with E-state index < -0.39 is 0 Å². The molecule has 8 heteroatoms. The van der Waals surface area contributed by atoms with Gasteiger partial charge in [-0.1, -0.05) is 54.4 Å². The Morgan fingerprint density at radius 1 is 1.06 bits per heavy atom. The molecule has 33 heavy (non-hydrogen) atoms. The molecule has 0 aliphatic carbocycles. The monoisotopic (exact) mass is 463 g/mol. The maximum atomic E-state index is 13.6. The molecule has 1 aliphatic rings. The summed E-state index contributed by atoms with van der Waals surface area (Å²) >= 11 is 6.40. The van der Waals surface area contributed by atoms with Gasteiger partial charge in [-0.3, -0.25) is 13.9 Å². The highest BCUT2D eigenvalue weighted by Gasteiger charge is 2.30. The van der Waals surface area contributed by atoms with E-state index in [0.717, 1.165) is 28.9 Å². The van der Waals surface area contributed by atoms with Crippen molar-refractivity contribution in [2.45, 2.75) is 33.9 Å². The number of fused-ring (bicyclic) bond motifs is 3. The third-order valence-electron chi connectivity index (χ3n) is 6.43. The number of rotatable bonds is 3. The van der Waals surface area contributed by atoms with Crippen LogP contribution in [-0.2, 0) is 20.1 Å². The molecule has 1 aliphatic heterocycles. The molecule has 0 N–H and O–H groups in total. The summed E-state index contributed by atoms with van der Waals surface area (Å²) in [4.78, 5) is 33.7. The lowest BCUT2D eigenvalue weighted by molar-refractivity contribution is 0.457. The standard InChI is InChI=1S/C25H26ClN5O2/c1-15-8-10-18(11-9-15)14-31-23(32)21-22(28(4)25(31)33)27-24-29(12-16(2)13-30(21)24)20-7-5-6-19(26)17(20)3/h5-11,16H,12-14H2,1-4H3/t16-/m1/s1. The van der Waals surface area contributed by atoms with Crippen molar-refractivity contribution in [2.24, 2.45) is 13.0 Å². The maximum Gasteiger partial charge on any atom is 0.332 e. The van der Waals surface area contributed by atoms with Crippen molar-refractivity contribution in [1.82, 2.24) is 18.7 Å². The minimum Gasteiger partial charge on any atom is -0.311 e. The Morgan fingerprint density at radius 3 is 2.52 bits per heavy atom. The lowest BCUT2D eigenvalue weighted by Gasteiger charge is -2.34.